The van der Waals surface area contributed by atoms with Crippen molar-refractivity contribution in [1.29, 1.82) is 0 Å². The van der Waals surface area contributed by atoms with Crippen LogP contribution < -0.4 is 0 Å². The molecule has 0 saturated carbocycles. The molecule has 8 nitrogen and oxygen atoms in total. The van der Waals surface area contributed by atoms with Crippen LogP contribution in [0.2, 0.25) is 10.0 Å². The molecule has 3 amide bonds. The lowest BCUT2D eigenvalue weighted by Crippen LogP contribution is -2.50. The first-order valence-electron chi connectivity index (χ1n) is 12.1. The minimum absolute atomic E-state index is 0.132. The molecule has 2 atom stereocenters. The van der Waals surface area contributed by atoms with E-state index in [9.17, 15) is 14.4 Å². The second kappa shape index (κ2) is 10.6. The number of carbonyl (C=O) groups is 3. The topological polar surface area (TPSA) is 88.4 Å². The van der Waals surface area contributed by atoms with Crippen molar-refractivity contribution in [3.8, 4) is 11.3 Å². The maximum absolute atomic E-state index is 13.5. The van der Waals surface area contributed by atoms with Gasteiger partial charge in [0.2, 0.25) is 5.91 Å². The fourth-order valence-electron chi connectivity index (χ4n) is 5.05. The summed E-state index contributed by atoms with van der Waals surface area (Å²) >= 11 is 16.0. The van der Waals surface area contributed by atoms with E-state index in [2.05, 4.69) is 26.2 Å². The van der Waals surface area contributed by atoms with Gasteiger partial charge in [0.25, 0.3) is 11.8 Å². The minimum Gasteiger partial charge on any atom is -0.341 e. The zero-order valence-electron chi connectivity index (χ0n) is 20.0. The van der Waals surface area contributed by atoms with Crippen molar-refractivity contribution in [3.63, 3.8) is 0 Å². The number of nitrogens with zero attached hydrogens (tertiary/aromatic N) is 5. The monoisotopic (exact) mass is 603 g/mol. The molecule has 0 N–H and O–H groups in total. The summed E-state index contributed by atoms with van der Waals surface area (Å²) in [4.78, 5) is 42.3. The summed E-state index contributed by atoms with van der Waals surface area (Å²) in [5.41, 5.74) is 1.86. The molecule has 2 aliphatic rings. The van der Waals surface area contributed by atoms with E-state index in [1.54, 1.807) is 52.9 Å². The van der Waals surface area contributed by atoms with Gasteiger partial charge < -0.3 is 4.90 Å². The third kappa shape index (κ3) is 5.04. The smallest absolute Gasteiger partial charge is 0.262 e. The third-order valence-corrected chi connectivity index (χ3v) is 8.03. The number of hydrogen-bond donors (Lipinski definition) is 0. The molecule has 0 bridgehead atoms. The van der Waals surface area contributed by atoms with E-state index in [0.717, 1.165) is 24.2 Å². The predicted octanol–water partition coefficient (Wildman–Crippen LogP) is 5.33. The fourth-order valence-corrected chi connectivity index (χ4v) is 6.00. The Hall–Kier alpha value is -2.75. The molecule has 1 aromatic heterocycles. The van der Waals surface area contributed by atoms with Crippen LogP contribution >= 0.6 is 39.1 Å². The van der Waals surface area contributed by atoms with Crippen LogP contribution in [-0.2, 0) is 11.3 Å². The summed E-state index contributed by atoms with van der Waals surface area (Å²) in [6.45, 7) is 3.26. The molecule has 0 aliphatic carbocycles. The van der Waals surface area contributed by atoms with Crippen molar-refractivity contribution >= 4 is 56.9 Å². The Bertz CT molecular complexity index is 1370. The molecule has 2 unspecified atom stereocenters. The Morgan fingerprint density at radius 2 is 1.84 bits per heavy atom. The number of likely N-dealkylation sites (tertiary alicyclic amines) is 1. The van der Waals surface area contributed by atoms with Crippen LogP contribution in [-0.4, -0.2) is 61.6 Å². The molecular formula is C26H24BrCl2N5O3. The van der Waals surface area contributed by atoms with Crippen LogP contribution in [0, 0.1) is 5.92 Å². The lowest BCUT2D eigenvalue weighted by Gasteiger charge is -2.30. The number of hydrogen-bond acceptors (Lipinski definition) is 5. The lowest BCUT2D eigenvalue weighted by molar-refractivity contribution is -0.135. The minimum atomic E-state index is -0.898. The highest BCUT2D eigenvalue weighted by atomic mass is 79.9. The second-order valence-electron chi connectivity index (χ2n) is 9.41. The molecule has 37 heavy (non-hydrogen) atoms. The molecule has 0 radical (unpaired) electrons. The van der Waals surface area contributed by atoms with Crippen molar-refractivity contribution in [2.45, 2.75) is 38.8 Å². The highest BCUT2D eigenvalue weighted by Crippen LogP contribution is 2.33. The van der Waals surface area contributed by atoms with Crippen LogP contribution in [0.5, 0.6) is 0 Å². The summed E-state index contributed by atoms with van der Waals surface area (Å²) in [6.07, 6.45) is 4.54. The molecule has 2 aliphatic heterocycles. The average Bonchev–Trinajstić information content (AvgIpc) is 3.31. The van der Waals surface area contributed by atoms with E-state index >= 15 is 0 Å². The average molecular weight is 605 g/mol. The third-order valence-electron chi connectivity index (χ3n) is 6.91. The molecule has 192 valence electrons. The Labute approximate surface area is 232 Å². The van der Waals surface area contributed by atoms with Gasteiger partial charge in [-0.3, -0.25) is 24.0 Å². The zero-order valence-corrected chi connectivity index (χ0v) is 23.1. The van der Waals surface area contributed by atoms with Gasteiger partial charge >= 0.3 is 0 Å². The van der Waals surface area contributed by atoms with Crippen LogP contribution in [0.3, 0.4) is 0 Å². The van der Waals surface area contributed by atoms with Gasteiger partial charge in [-0.1, -0.05) is 56.8 Å². The Balaban J connectivity index is 1.29. The van der Waals surface area contributed by atoms with E-state index in [4.69, 9.17) is 23.2 Å². The maximum atomic E-state index is 13.5. The number of aromatic nitrogens is 3. The first-order chi connectivity index (χ1) is 17.7. The van der Waals surface area contributed by atoms with Gasteiger partial charge in [-0.2, -0.15) is 0 Å². The van der Waals surface area contributed by atoms with Gasteiger partial charge in [-0.15, -0.1) is 5.10 Å². The molecule has 3 heterocycles. The van der Waals surface area contributed by atoms with Gasteiger partial charge in [0.15, 0.2) is 0 Å². The summed E-state index contributed by atoms with van der Waals surface area (Å²) < 4.78 is 2.45. The van der Waals surface area contributed by atoms with Gasteiger partial charge in [-0.05, 0) is 56.0 Å². The summed E-state index contributed by atoms with van der Waals surface area (Å²) in [6, 6.07) is 9.34. The Morgan fingerprint density at radius 3 is 2.59 bits per heavy atom. The van der Waals surface area contributed by atoms with Crippen LogP contribution in [0.15, 0.2) is 47.1 Å². The predicted molar refractivity (Wildman–Crippen MR) is 144 cm³/mol. The van der Waals surface area contributed by atoms with Crippen LogP contribution in [0.1, 0.15) is 46.9 Å². The molecule has 2 aromatic carbocycles. The maximum Gasteiger partial charge on any atom is 0.262 e. The standard InChI is InChI=1S/C26H24BrCl2N5O3/c1-15(34-25(36)18-9-8-17(27)11-19(18)26(34)37)24(35)32-10-3-2-5-16(12-32)13-33-14-22(30-31-33)23-20(28)6-4-7-21(23)29/h4,6-9,11,14-16H,2-3,5,10,12-13H2,1H3. The van der Waals surface area contributed by atoms with E-state index in [1.807, 2.05) is 6.20 Å². The van der Waals surface area contributed by atoms with E-state index in [0.29, 0.717) is 56.5 Å². The molecule has 1 saturated heterocycles. The van der Waals surface area contributed by atoms with Crippen molar-refractivity contribution < 1.29 is 14.4 Å². The largest absolute Gasteiger partial charge is 0.341 e. The Kier molecular flexibility index (Phi) is 7.38. The molecule has 3 aromatic rings. The van der Waals surface area contributed by atoms with Crippen molar-refractivity contribution in [2.24, 2.45) is 5.92 Å². The summed E-state index contributed by atoms with van der Waals surface area (Å²) in [5, 5.41) is 9.52. The molecule has 11 heteroatoms. The number of imide groups is 1. The van der Waals surface area contributed by atoms with E-state index in [-0.39, 0.29) is 11.8 Å². The van der Waals surface area contributed by atoms with Gasteiger partial charge in [0.05, 0.1) is 27.4 Å². The first-order valence-corrected chi connectivity index (χ1v) is 13.6. The lowest BCUT2D eigenvalue weighted by atomic mass is 10.0. The number of rotatable bonds is 5. The van der Waals surface area contributed by atoms with E-state index < -0.39 is 17.9 Å². The Morgan fingerprint density at radius 1 is 1.11 bits per heavy atom. The van der Waals surface area contributed by atoms with Crippen molar-refractivity contribution in [3.05, 3.63) is 68.2 Å². The van der Waals surface area contributed by atoms with Gasteiger partial charge in [0, 0.05) is 29.7 Å². The van der Waals surface area contributed by atoms with Crippen LogP contribution in [0.4, 0.5) is 0 Å². The number of halogens is 3. The first kappa shape index (κ1) is 25.9. The van der Waals surface area contributed by atoms with Gasteiger partial charge in [0.1, 0.15) is 11.7 Å². The van der Waals surface area contributed by atoms with Crippen LogP contribution in [0.25, 0.3) is 11.3 Å². The number of fused-ring (bicyclic) bond motifs is 1. The number of amides is 3. The SMILES string of the molecule is CC(C(=O)N1CCCCC(Cn2cc(-c3c(Cl)cccc3Cl)nn2)C1)N1C(=O)c2ccc(Br)cc2C1=O. The molecule has 1 fully saturated rings. The molecule has 0 spiro atoms. The normalized spacial score (nSPS) is 18.6. The zero-order chi connectivity index (χ0) is 26.3. The van der Waals surface area contributed by atoms with Crippen molar-refractivity contribution in [1.82, 2.24) is 24.8 Å². The molecule has 5 rings (SSSR count). The number of benzene rings is 2. The molecular weight excluding hydrogens is 581 g/mol. The van der Waals surface area contributed by atoms with Gasteiger partial charge in [-0.25, -0.2) is 0 Å². The van der Waals surface area contributed by atoms with Crippen molar-refractivity contribution in [2.75, 3.05) is 13.1 Å². The summed E-state index contributed by atoms with van der Waals surface area (Å²) in [7, 11) is 0. The van der Waals surface area contributed by atoms with E-state index in [1.165, 1.54) is 0 Å². The second-order valence-corrected chi connectivity index (χ2v) is 11.1. The highest BCUT2D eigenvalue weighted by molar-refractivity contribution is 9.10. The quantitative estimate of drug-likeness (QED) is 0.367. The summed E-state index contributed by atoms with van der Waals surface area (Å²) in [5.74, 6) is -0.981. The number of carbonyl (C=O) groups excluding carboxylic acids is 3. The fraction of sp³-hybridized carbons (Fsp3) is 0.346. The highest BCUT2D eigenvalue weighted by Gasteiger charge is 2.42.